The van der Waals surface area contributed by atoms with Gasteiger partial charge in [-0.2, -0.15) is 0 Å². The van der Waals surface area contributed by atoms with Crippen LogP contribution in [0.15, 0.2) is 73.3 Å². The van der Waals surface area contributed by atoms with Crippen LogP contribution in [0.2, 0.25) is 0 Å². The summed E-state index contributed by atoms with van der Waals surface area (Å²) in [5.41, 5.74) is 0.241. The molecule has 2 heterocycles. The van der Waals surface area contributed by atoms with E-state index in [1.807, 2.05) is 67.6 Å². The third-order valence-electron chi connectivity index (χ3n) is 8.65. The SMILES string of the molecule is C=C[C@@H]1C[C@]1(NC(=O)[C@@H]1C[C@@H](Oc2nc(-c3ccccc3)cc3ccccc23)CN1C(=O)CCC)C(=O)NS(=O)(=O)C1CC1. The van der Waals surface area contributed by atoms with Crippen LogP contribution in [0.4, 0.5) is 0 Å². The summed E-state index contributed by atoms with van der Waals surface area (Å²) >= 11 is 0. The molecule has 1 aliphatic heterocycles. The van der Waals surface area contributed by atoms with E-state index in [0.717, 1.165) is 22.0 Å². The smallest absolute Gasteiger partial charge is 0.259 e. The molecule has 10 nitrogen and oxygen atoms in total. The van der Waals surface area contributed by atoms with E-state index >= 15 is 0 Å². The number of nitrogens with one attached hydrogen (secondary N) is 2. The lowest BCUT2D eigenvalue weighted by Crippen LogP contribution is -2.56. The van der Waals surface area contributed by atoms with E-state index < -0.39 is 50.7 Å². The average Bonchev–Trinajstić information content (AvgIpc) is 3.94. The molecule has 2 aromatic carbocycles. The van der Waals surface area contributed by atoms with Crippen LogP contribution in [0.1, 0.15) is 45.4 Å². The van der Waals surface area contributed by atoms with Crippen molar-refractivity contribution in [2.24, 2.45) is 5.92 Å². The Morgan fingerprint density at radius 2 is 1.84 bits per heavy atom. The zero-order valence-electron chi connectivity index (χ0n) is 24.6. The lowest BCUT2D eigenvalue weighted by molar-refractivity contribution is -0.139. The zero-order chi connectivity index (χ0) is 31.1. The van der Waals surface area contributed by atoms with Crippen LogP contribution in [0, 0.1) is 5.92 Å². The van der Waals surface area contributed by atoms with Gasteiger partial charge in [0.1, 0.15) is 17.7 Å². The molecule has 1 aromatic heterocycles. The summed E-state index contributed by atoms with van der Waals surface area (Å²) in [5.74, 6) is -1.51. The van der Waals surface area contributed by atoms with Crippen molar-refractivity contribution in [3.05, 3.63) is 73.3 Å². The first kappa shape index (κ1) is 29.8. The Balaban J connectivity index is 1.25. The van der Waals surface area contributed by atoms with E-state index in [-0.39, 0.29) is 31.7 Å². The van der Waals surface area contributed by atoms with Crippen molar-refractivity contribution >= 4 is 38.5 Å². The Hall–Kier alpha value is -4.25. The minimum atomic E-state index is -3.81. The van der Waals surface area contributed by atoms with E-state index in [1.165, 1.54) is 4.90 Å². The van der Waals surface area contributed by atoms with Gasteiger partial charge in [0.15, 0.2) is 0 Å². The third kappa shape index (κ3) is 5.80. The summed E-state index contributed by atoms with van der Waals surface area (Å²) in [6, 6.07) is 18.6. The van der Waals surface area contributed by atoms with Crippen LogP contribution in [0.3, 0.4) is 0 Å². The molecule has 230 valence electrons. The van der Waals surface area contributed by atoms with Gasteiger partial charge in [-0.05, 0) is 43.2 Å². The molecular formula is C33H36N4O6S. The number of carbonyl (C=O) groups excluding carboxylic acids is 3. The fraction of sp³-hybridized carbons (Fsp3) is 0.394. The Morgan fingerprint density at radius 3 is 2.52 bits per heavy atom. The second kappa shape index (κ2) is 11.7. The van der Waals surface area contributed by atoms with Crippen LogP contribution in [-0.2, 0) is 24.4 Å². The normalized spacial score (nSPS) is 24.5. The maximum absolute atomic E-state index is 13.8. The van der Waals surface area contributed by atoms with Crippen LogP contribution >= 0.6 is 0 Å². The maximum Gasteiger partial charge on any atom is 0.259 e. The Labute approximate surface area is 256 Å². The van der Waals surface area contributed by atoms with Crippen LogP contribution < -0.4 is 14.8 Å². The molecule has 0 spiro atoms. The van der Waals surface area contributed by atoms with Crippen molar-refractivity contribution in [1.29, 1.82) is 0 Å². The topological polar surface area (TPSA) is 135 Å². The summed E-state index contributed by atoms with van der Waals surface area (Å²) in [4.78, 5) is 46.6. The molecule has 4 atom stereocenters. The number of likely N-dealkylation sites (tertiary alicyclic amines) is 1. The first-order chi connectivity index (χ1) is 21.1. The second-order valence-corrected chi connectivity index (χ2v) is 13.8. The number of carbonyl (C=O) groups is 3. The monoisotopic (exact) mass is 616 g/mol. The Bertz CT molecular complexity index is 1720. The number of hydrogen-bond acceptors (Lipinski definition) is 7. The summed E-state index contributed by atoms with van der Waals surface area (Å²) in [6.07, 6.45) is 3.28. The molecule has 2 saturated carbocycles. The fourth-order valence-corrected chi connectivity index (χ4v) is 7.32. The molecule has 44 heavy (non-hydrogen) atoms. The summed E-state index contributed by atoms with van der Waals surface area (Å²) in [6.45, 7) is 5.82. The molecule has 6 rings (SSSR count). The lowest BCUT2D eigenvalue weighted by Gasteiger charge is -2.26. The number of nitrogens with zero attached hydrogens (tertiary/aromatic N) is 2. The lowest BCUT2D eigenvalue weighted by atomic mass is 10.1. The van der Waals surface area contributed by atoms with Gasteiger partial charge in [-0.25, -0.2) is 13.4 Å². The number of sulfonamides is 1. The standard InChI is InChI=1S/C33H36N4O6S/c1-3-10-29(38)37-20-24(43-31-26-14-9-8-13-22(26)17-27(34-31)21-11-6-5-7-12-21)18-28(37)30(39)35-33(19-23(33)4-2)32(40)36-44(41,42)25-15-16-25/h4-9,11-14,17,23-25,28H,2-3,10,15-16,18-20H2,1H3,(H,35,39)(H,36,40)/t23-,24-,28+,33-/m1/s1. The van der Waals surface area contributed by atoms with Gasteiger partial charge in [-0.15, -0.1) is 6.58 Å². The molecule has 3 aliphatic rings. The molecule has 0 bridgehead atoms. The molecule has 3 fully saturated rings. The fourth-order valence-electron chi connectivity index (χ4n) is 5.95. The molecule has 0 unspecified atom stereocenters. The minimum Gasteiger partial charge on any atom is -0.472 e. The quantitative estimate of drug-likeness (QED) is 0.314. The van der Waals surface area contributed by atoms with Gasteiger partial charge in [-0.1, -0.05) is 61.5 Å². The summed E-state index contributed by atoms with van der Waals surface area (Å²) in [7, 11) is -3.81. The average molecular weight is 617 g/mol. The number of ether oxygens (including phenoxy) is 1. The maximum atomic E-state index is 13.8. The number of pyridine rings is 1. The van der Waals surface area contributed by atoms with Gasteiger partial charge in [0.25, 0.3) is 5.91 Å². The predicted molar refractivity (Wildman–Crippen MR) is 166 cm³/mol. The van der Waals surface area contributed by atoms with Crippen molar-refractivity contribution in [2.45, 2.75) is 68.4 Å². The molecular weight excluding hydrogens is 580 g/mol. The highest BCUT2D eigenvalue weighted by molar-refractivity contribution is 7.91. The van der Waals surface area contributed by atoms with Gasteiger partial charge in [0, 0.05) is 29.7 Å². The largest absolute Gasteiger partial charge is 0.472 e. The molecule has 0 radical (unpaired) electrons. The van der Waals surface area contributed by atoms with Crippen molar-refractivity contribution in [1.82, 2.24) is 19.9 Å². The van der Waals surface area contributed by atoms with Crippen LogP contribution in [0.5, 0.6) is 5.88 Å². The molecule has 3 amide bonds. The van der Waals surface area contributed by atoms with E-state index in [2.05, 4.69) is 16.6 Å². The third-order valence-corrected chi connectivity index (χ3v) is 10.5. The van der Waals surface area contributed by atoms with Crippen LogP contribution in [-0.4, -0.2) is 65.5 Å². The number of benzene rings is 2. The number of amides is 3. The van der Waals surface area contributed by atoms with Crippen molar-refractivity contribution in [3.8, 4) is 17.1 Å². The zero-order valence-corrected chi connectivity index (χ0v) is 25.4. The number of rotatable bonds is 11. The van der Waals surface area contributed by atoms with Crippen molar-refractivity contribution in [3.63, 3.8) is 0 Å². The highest BCUT2D eigenvalue weighted by Gasteiger charge is 2.61. The first-order valence-electron chi connectivity index (χ1n) is 15.1. The highest BCUT2D eigenvalue weighted by Crippen LogP contribution is 2.45. The van der Waals surface area contributed by atoms with Gasteiger partial charge in [0.05, 0.1) is 17.5 Å². The molecule has 11 heteroatoms. The minimum absolute atomic E-state index is 0.169. The number of fused-ring (bicyclic) bond motifs is 1. The summed E-state index contributed by atoms with van der Waals surface area (Å²) in [5, 5.41) is 3.98. The van der Waals surface area contributed by atoms with Gasteiger partial charge in [-0.3, -0.25) is 19.1 Å². The van der Waals surface area contributed by atoms with Crippen LogP contribution in [0.25, 0.3) is 22.0 Å². The predicted octanol–water partition coefficient (Wildman–Crippen LogP) is 3.72. The molecule has 2 aliphatic carbocycles. The molecule has 1 saturated heterocycles. The molecule has 3 aromatic rings. The van der Waals surface area contributed by atoms with Gasteiger partial charge >= 0.3 is 0 Å². The number of hydrogen-bond donors (Lipinski definition) is 2. The summed E-state index contributed by atoms with van der Waals surface area (Å²) < 4.78 is 33.6. The first-order valence-corrected chi connectivity index (χ1v) is 16.6. The van der Waals surface area contributed by atoms with E-state index in [1.54, 1.807) is 6.08 Å². The number of aromatic nitrogens is 1. The van der Waals surface area contributed by atoms with E-state index in [0.29, 0.717) is 25.1 Å². The molecule has 2 N–H and O–H groups in total. The van der Waals surface area contributed by atoms with E-state index in [9.17, 15) is 22.8 Å². The van der Waals surface area contributed by atoms with Gasteiger partial charge in [0.2, 0.25) is 27.7 Å². The highest BCUT2D eigenvalue weighted by atomic mass is 32.2. The Morgan fingerprint density at radius 1 is 1.11 bits per heavy atom. The second-order valence-electron chi connectivity index (χ2n) is 11.9. The van der Waals surface area contributed by atoms with E-state index in [4.69, 9.17) is 9.72 Å². The van der Waals surface area contributed by atoms with Crippen molar-refractivity contribution in [2.75, 3.05) is 6.54 Å². The Kier molecular flexibility index (Phi) is 7.91. The van der Waals surface area contributed by atoms with Crippen molar-refractivity contribution < 1.29 is 27.5 Å². The van der Waals surface area contributed by atoms with Gasteiger partial charge < -0.3 is 15.0 Å².